The number of hydrogen-bond acceptors (Lipinski definition) is 5. The van der Waals surface area contributed by atoms with Crippen LogP contribution in [0.4, 0.5) is 0 Å². The minimum absolute atomic E-state index is 0.232. The Morgan fingerprint density at radius 3 is 1.80 bits per heavy atom. The van der Waals surface area contributed by atoms with E-state index in [1.54, 1.807) is 24.3 Å². The number of nitrogens with zero attached hydrogens (tertiary/aromatic N) is 1. The molecule has 0 aliphatic heterocycles. The molecule has 1 aromatic carbocycles. The van der Waals surface area contributed by atoms with Crippen LogP contribution in [0, 0.1) is 0 Å². The molecule has 0 bridgehead atoms. The highest BCUT2D eigenvalue weighted by atomic mass is 16.4. The van der Waals surface area contributed by atoms with Gasteiger partial charge >= 0.3 is 11.9 Å². The molecule has 4 N–H and O–H groups in total. The molecule has 0 amide bonds. The fraction of sp³-hybridized carbons (Fsp3) is 0.385. The molecule has 7 heteroatoms. The first kappa shape index (κ1) is 16.1. The number of benzene rings is 1. The van der Waals surface area contributed by atoms with Gasteiger partial charge < -0.3 is 20.4 Å². The van der Waals surface area contributed by atoms with E-state index in [4.69, 9.17) is 10.2 Å². The average Bonchev–Trinajstić information content (AvgIpc) is 2.39. The van der Waals surface area contributed by atoms with Crippen molar-refractivity contribution in [1.82, 2.24) is 4.90 Å². The van der Waals surface area contributed by atoms with E-state index in [0.717, 1.165) is 5.56 Å². The average molecular weight is 283 g/mol. The van der Waals surface area contributed by atoms with Crippen LogP contribution < -0.4 is 0 Å². The first-order valence-electron chi connectivity index (χ1n) is 5.98. The van der Waals surface area contributed by atoms with Crippen LogP contribution in [0.15, 0.2) is 30.3 Å². The number of carboxylic acids is 2. The van der Waals surface area contributed by atoms with Gasteiger partial charge in [0.05, 0.1) is 0 Å². The largest absolute Gasteiger partial charge is 0.479 e. The lowest BCUT2D eigenvalue weighted by molar-refractivity contribution is -0.149. The van der Waals surface area contributed by atoms with Crippen LogP contribution in [-0.4, -0.2) is 62.6 Å². The van der Waals surface area contributed by atoms with Gasteiger partial charge in [0, 0.05) is 19.6 Å². The number of aliphatic hydroxyl groups excluding tert-OH is 2. The number of aliphatic hydroxyl groups is 2. The molecule has 0 spiro atoms. The molecule has 1 rings (SSSR count). The Morgan fingerprint density at radius 2 is 1.40 bits per heavy atom. The smallest absolute Gasteiger partial charge is 0.333 e. The van der Waals surface area contributed by atoms with Crippen molar-refractivity contribution < 1.29 is 30.0 Å². The van der Waals surface area contributed by atoms with E-state index in [1.165, 1.54) is 4.90 Å². The van der Waals surface area contributed by atoms with E-state index < -0.39 is 24.1 Å². The van der Waals surface area contributed by atoms with Crippen molar-refractivity contribution in [1.29, 1.82) is 0 Å². The van der Waals surface area contributed by atoms with E-state index in [2.05, 4.69) is 0 Å². The van der Waals surface area contributed by atoms with Crippen molar-refractivity contribution in [2.24, 2.45) is 0 Å². The molecular weight excluding hydrogens is 266 g/mol. The minimum atomic E-state index is -1.64. The predicted molar refractivity (Wildman–Crippen MR) is 69.0 cm³/mol. The second-order valence-corrected chi connectivity index (χ2v) is 4.39. The van der Waals surface area contributed by atoms with Crippen molar-refractivity contribution in [2.75, 3.05) is 13.1 Å². The lowest BCUT2D eigenvalue weighted by Gasteiger charge is -2.24. The lowest BCUT2D eigenvalue weighted by atomic mass is 10.2. The van der Waals surface area contributed by atoms with Gasteiger partial charge in [0.25, 0.3) is 0 Å². The highest BCUT2D eigenvalue weighted by Crippen LogP contribution is 2.06. The fourth-order valence-corrected chi connectivity index (χ4v) is 1.69. The normalized spacial score (nSPS) is 13.9. The summed E-state index contributed by atoms with van der Waals surface area (Å²) in [6.45, 7) is -0.307. The summed E-state index contributed by atoms with van der Waals surface area (Å²) >= 11 is 0. The number of hydrogen-bond donors (Lipinski definition) is 4. The highest BCUT2D eigenvalue weighted by Gasteiger charge is 2.23. The first-order valence-corrected chi connectivity index (χ1v) is 5.98. The van der Waals surface area contributed by atoms with Gasteiger partial charge in [0.15, 0.2) is 12.2 Å². The number of rotatable bonds is 8. The second kappa shape index (κ2) is 7.59. The van der Waals surface area contributed by atoms with Gasteiger partial charge in [-0.05, 0) is 5.56 Å². The van der Waals surface area contributed by atoms with Gasteiger partial charge in [-0.3, -0.25) is 4.90 Å². The van der Waals surface area contributed by atoms with Crippen molar-refractivity contribution in [2.45, 2.75) is 18.8 Å². The van der Waals surface area contributed by atoms with Gasteiger partial charge in [0.1, 0.15) is 0 Å². The first-order chi connectivity index (χ1) is 9.40. The van der Waals surface area contributed by atoms with Crippen molar-refractivity contribution >= 4 is 11.9 Å². The molecule has 20 heavy (non-hydrogen) atoms. The molecule has 0 aliphatic rings. The maximum absolute atomic E-state index is 10.7. The van der Waals surface area contributed by atoms with Crippen LogP contribution in [0.3, 0.4) is 0 Å². The molecule has 0 radical (unpaired) electrons. The van der Waals surface area contributed by atoms with Gasteiger partial charge in [-0.15, -0.1) is 0 Å². The zero-order valence-electron chi connectivity index (χ0n) is 10.7. The summed E-state index contributed by atoms with van der Waals surface area (Å²) in [4.78, 5) is 22.7. The van der Waals surface area contributed by atoms with Crippen molar-refractivity contribution in [3.8, 4) is 0 Å². The third-order valence-corrected chi connectivity index (χ3v) is 2.68. The maximum atomic E-state index is 10.7. The molecule has 0 aliphatic carbocycles. The molecule has 0 fully saturated rings. The summed E-state index contributed by atoms with van der Waals surface area (Å²) < 4.78 is 0. The molecule has 0 saturated heterocycles. The Kier molecular flexibility index (Phi) is 6.10. The summed E-state index contributed by atoms with van der Waals surface area (Å²) in [6.07, 6.45) is -3.28. The Bertz CT molecular complexity index is 427. The molecule has 110 valence electrons. The Morgan fingerprint density at radius 1 is 0.950 bits per heavy atom. The molecule has 0 saturated carbocycles. The van der Waals surface area contributed by atoms with Crippen LogP contribution in [-0.2, 0) is 16.1 Å². The quantitative estimate of drug-likeness (QED) is 0.502. The Balaban J connectivity index is 2.73. The maximum Gasteiger partial charge on any atom is 0.333 e. The van der Waals surface area contributed by atoms with Crippen LogP contribution in [0.2, 0.25) is 0 Å². The monoisotopic (exact) mass is 283 g/mol. The molecule has 2 atom stereocenters. The summed E-state index contributed by atoms with van der Waals surface area (Å²) in [7, 11) is 0. The summed E-state index contributed by atoms with van der Waals surface area (Å²) in [5, 5.41) is 36.1. The van der Waals surface area contributed by atoms with Gasteiger partial charge in [-0.2, -0.15) is 0 Å². The summed E-state index contributed by atoms with van der Waals surface area (Å²) in [5.74, 6) is -2.79. The van der Waals surface area contributed by atoms with Crippen molar-refractivity contribution in [3.63, 3.8) is 0 Å². The molecule has 0 aromatic heterocycles. The van der Waals surface area contributed by atoms with Gasteiger partial charge in [-0.1, -0.05) is 30.3 Å². The van der Waals surface area contributed by atoms with E-state index in [1.807, 2.05) is 6.07 Å². The van der Waals surface area contributed by atoms with E-state index in [0.29, 0.717) is 0 Å². The molecule has 2 unspecified atom stereocenters. The molecule has 0 heterocycles. The third-order valence-electron chi connectivity index (χ3n) is 2.68. The lowest BCUT2D eigenvalue weighted by Crippen LogP contribution is -2.42. The van der Waals surface area contributed by atoms with Crippen LogP contribution in [0.5, 0.6) is 0 Å². The SMILES string of the molecule is O=C(O)C(O)CN(Cc1ccccc1)CC(O)C(=O)O. The summed E-state index contributed by atoms with van der Waals surface area (Å²) in [6, 6.07) is 8.95. The van der Waals surface area contributed by atoms with Crippen LogP contribution in [0.1, 0.15) is 5.56 Å². The minimum Gasteiger partial charge on any atom is -0.479 e. The topological polar surface area (TPSA) is 118 Å². The van der Waals surface area contributed by atoms with E-state index >= 15 is 0 Å². The zero-order valence-corrected chi connectivity index (χ0v) is 10.7. The van der Waals surface area contributed by atoms with E-state index in [-0.39, 0.29) is 19.6 Å². The van der Waals surface area contributed by atoms with Gasteiger partial charge in [-0.25, -0.2) is 9.59 Å². The van der Waals surface area contributed by atoms with E-state index in [9.17, 15) is 19.8 Å². The molecule has 7 nitrogen and oxygen atoms in total. The second-order valence-electron chi connectivity index (χ2n) is 4.39. The Labute approximate surface area is 115 Å². The standard InChI is InChI=1S/C13H17NO6/c15-10(12(17)18)7-14(8-11(16)13(19)20)6-9-4-2-1-3-5-9/h1-5,10-11,15-16H,6-8H2,(H,17,18)(H,19,20). The molecule has 1 aromatic rings. The molecular formula is C13H17NO6. The predicted octanol–water partition coefficient (Wildman–Crippen LogP) is -0.620. The van der Waals surface area contributed by atoms with Gasteiger partial charge in [0.2, 0.25) is 0 Å². The number of carbonyl (C=O) groups is 2. The fourth-order valence-electron chi connectivity index (χ4n) is 1.69. The van der Waals surface area contributed by atoms with Crippen molar-refractivity contribution in [3.05, 3.63) is 35.9 Å². The zero-order chi connectivity index (χ0) is 15.1. The third kappa shape index (κ3) is 5.35. The Hall–Kier alpha value is -1.96. The number of carboxylic acid groups (broad SMARTS) is 2. The summed E-state index contributed by atoms with van der Waals surface area (Å²) in [5.41, 5.74) is 0.822. The highest BCUT2D eigenvalue weighted by molar-refractivity contribution is 5.73. The van der Waals surface area contributed by atoms with Crippen LogP contribution >= 0.6 is 0 Å². The number of aliphatic carboxylic acids is 2. The van der Waals surface area contributed by atoms with Crippen LogP contribution in [0.25, 0.3) is 0 Å².